The molecule has 0 bridgehead atoms. The molecule has 0 aromatic heterocycles. The number of benzene rings is 2. The Morgan fingerprint density at radius 3 is 2.33 bits per heavy atom. The average molecular weight is 392 g/mol. The Bertz CT molecular complexity index is 730. The van der Waals surface area contributed by atoms with Crippen molar-refractivity contribution in [1.82, 2.24) is 4.90 Å². The Labute approximate surface area is 166 Å². The highest BCUT2D eigenvalue weighted by atomic mass is 35.5. The lowest BCUT2D eigenvalue weighted by Crippen LogP contribution is -2.33. The third kappa shape index (κ3) is 5.53. The van der Waals surface area contributed by atoms with Gasteiger partial charge in [-0.25, -0.2) is 4.39 Å². The van der Waals surface area contributed by atoms with E-state index in [1.807, 2.05) is 30.3 Å². The molecular weight excluding hydrogens is 365 g/mol. The predicted molar refractivity (Wildman–Crippen MR) is 109 cm³/mol. The lowest BCUT2D eigenvalue weighted by Gasteiger charge is -2.26. The Kier molecular flexibility index (Phi) is 8.26. The second-order valence-electron chi connectivity index (χ2n) is 6.89. The first-order valence-electron chi connectivity index (χ1n) is 9.34. The lowest BCUT2D eigenvalue weighted by molar-refractivity contribution is 0.0933. The minimum Gasteiger partial charge on any atom is -0.494 e. The van der Waals surface area contributed by atoms with Gasteiger partial charge < -0.3 is 9.64 Å². The van der Waals surface area contributed by atoms with E-state index in [-0.39, 0.29) is 29.9 Å². The third-order valence-corrected chi connectivity index (χ3v) is 5.09. The van der Waals surface area contributed by atoms with Crippen LogP contribution in [0, 0.1) is 5.82 Å². The van der Waals surface area contributed by atoms with Gasteiger partial charge in [-0.2, -0.15) is 0 Å². The highest BCUT2D eigenvalue weighted by Gasteiger charge is 2.25. The van der Waals surface area contributed by atoms with Gasteiger partial charge in [-0.3, -0.25) is 4.79 Å². The summed E-state index contributed by atoms with van der Waals surface area (Å²) in [7, 11) is 1.42. The summed E-state index contributed by atoms with van der Waals surface area (Å²) < 4.78 is 19.1. The molecule has 2 aromatic carbocycles. The number of nitrogens with zero attached hydrogens (tertiary/aromatic N) is 1. The summed E-state index contributed by atoms with van der Waals surface area (Å²) in [4.78, 5) is 15.6. The Balaban J connectivity index is 0.00000261. The molecule has 146 valence electrons. The molecule has 2 aromatic rings. The second-order valence-corrected chi connectivity index (χ2v) is 6.89. The molecule has 1 heterocycles. The van der Waals surface area contributed by atoms with Crippen molar-refractivity contribution in [3.05, 3.63) is 65.5 Å². The first-order valence-corrected chi connectivity index (χ1v) is 9.34. The lowest BCUT2D eigenvalue weighted by atomic mass is 9.90. The van der Waals surface area contributed by atoms with E-state index in [0.717, 1.165) is 18.7 Å². The van der Waals surface area contributed by atoms with Crippen LogP contribution in [0.25, 0.3) is 0 Å². The number of Topliss-reactive ketones (excluding diaryl/α,β-unsaturated/α-hetero) is 1. The summed E-state index contributed by atoms with van der Waals surface area (Å²) in [6, 6.07) is 14.3. The Morgan fingerprint density at radius 1 is 1.07 bits per heavy atom. The third-order valence-electron chi connectivity index (χ3n) is 5.09. The number of rotatable bonds is 6. The van der Waals surface area contributed by atoms with E-state index in [0.29, 0.717) is 12.1 Å². The summed E-state index contributed by atoms with van der Waals surface area (Å²) in [5, 5.41) is 0. The van der Waals surface area contributed by atoms with Crippen molar-refractivity contribution < 1.29 is 13.9 Å². The van der Waals surface area contributed by atoms with E-state index in [2.05, 4.69) is 4.90 Å². The van der Waals surface area contributed by atoms with Gasteiger partial charge in [0.2, 0.25) is 0 Å². The molecule has 5 heteroatoms. The zero-order chi connectivity index (χ0) is 18.4. The van der Waals surface area contributed by atoms with Crippen LogP contribution in [0.3, 0.4) is 0 Å². The van der Waals surface area contributed by atoms with Crippen molar-refractivity contribution >= 4 is 18.2 Å². The molecule has 0 N–H and O–H groups in total. The smallest absolute Gasteiger partial charge is 0.171 e. The molecule has 1 aliphatic heterocycles. The zero-order valence-electron chi connectivity index (χ0n) is 15.7. The van der Waals surface area contributed by atoms with Gasteiger partial charge in [-0.1, -0.05) is 43.2 Å². The minimum absolute atomic E-state index is 0. The molecule has 1 unspecified atom stereocenters. The van der Waals surface area contributed by atoms with E-state index in [9.17, 15) is 9.18 Å². The van der Waals surface area contributed by atoms with Gasteiger partial charge in [-0.15, -0.1) is 12.4 Å². The van der Waals surface area contributed by atoms with Crippen molar-refractivity contribution in [1.29, 1.82) is 0 Å². The highest BCUT2D eigenvalue weighted by molar-refractivity contribution is 6.01. The molecule has 1 atom stereocenters. The molecule has 1 fully saturated rings. The second kappa shape index (κ2) is 10.4. The van der Waals surface area contributed by atoms with Gasteiger partial charge in [0, 0.05) is 12.1 Å². The molecule has 3 nitrogen and oxygen atoms in total. The van der Waals surface area contributed by atoms with Gasteiger partial charge in [0.15, 0.2) is 17.3 Å². The van der Waals surface area contributed by atoms with Gasteiger partial charge in [-0.05, 0) is 49.7 Å². The Morgan fingerprint density at radius 2 is 1.74 bits per heavy atom. The van der Waals surface area contributed by atoms with Crippen LogP contribution >= 0.6 is 12.4 Å². The van der Waals surface area contributed by atoms with Gasteiger partial charge in [0.1, 0.15) is 0 Å². The molecule has 3 rings (SSSR count). The molecule has 0 amide bonds. The first kappa shape index (κ1) is 21.4. The van der Waals surface area contributed by atoms with Crippen LogP contribution in [-0.2, 0) is 0 Å². The van der Waals surface area contributed by atoms with Crippen molar-refractivity contribution in [3.63, 3.8) is 0 Å². The maximum absolute atomic E-state index is 14.1. The van der Waals surface area contributed by atoms with Gasteiger partial charge in [0.25, 0.3) is 0 Å². The number of ketones is 1. The number of halogens is 2. The number of likely N-dealkylation sites (tertiary alicyclic amines) is 1. The number of hydrogen-bond donors (Lipinski definition) is 0. The van der Waals surface area contributed by atoms with Crippen LogP contribution in [-0.4, -0.2) is 37.4 Å². The van der Waals surface area contributed by atoms with Crippen LogP contribution in [0.5, 0.6) is 5.75 Å². The van der Waals surface area contributed by atoms with Crippen molar-refractivity contribution in [2.45, 2.75) is 31.6 Å². The summed E-state index contributed by atoms with van der Waals surface area (Å²) >= 11 is 0. The number of carbonyl (C=O) groups is 1. The van der Waals surface area contributed by atoms with E-state index >= 15 is 0 Å². The SMILES string of the molecule is COc1ccc(C(=O)C(CN2CCCCCC2)c2ccccc2)cc1F.Cl. The molecule has 1 saturated heterocycles. The summed E-state index contributed by atoms with van der Waals surface area (Å²) in [6.45, 7) is 2.72. The van der Waals surface area contributed by atoms with E-state index in [4.69, 9.17) is 4.74 Å². The summed E-state index contributed by atoms with van der Waals surface area (Å²) in [6.07, 6.45) is 4.86. The predicted octanol–water partition coefficient (Wildman–Crippen LogP) is 5.10. The molecule has 0 saturated carbocycles. The van der Waals surface area contributed by atoms with E-state index < -0.39 is 5.82 Å². The number of ether oxygens (including phenoxy) is 1. The fourth-order valence-corrected chi connectivity index (χ4v) is 3.62. The molecular formula is C22H27ClFNO2. The van der Waals surface area contributed by atoms with Gasteiger partial charge in [0.05, 0.1) is 13.0 Å². The van der Waals surface area contributed by atoms with E-state index in [1.165, 1.54) is 44.9 Å². The molecule has 0 aliphatic carbocycles. The standard InChI is InChI=1S/C22H26FNO2.ClH/c1-26-21-12-11-18(15-20(21)23)22(25)19(17-9-5-4-6-10-17)16-24-13-7-2-3-8-14-24;/h4-6,9-12,15,19H,2-3,7-8,13-14,16H2,1H3;1H. The maximum Gasteiger partial charge on any atom is 0.171 e. The normalized spacial score (nSPS) is 16.1. The molecule has 0 spiro atoms. The zero-order valence-corrected chi connectivity index (χ0v) is 16.5. The highest BCUT2D eigenvalue weighted by Crippen LogP contribution is 2.26. The van der Waals surface area contributed by atoms with Crippen molar-refractivity contribution in [3.8, 4) is 5.75 Å². The van der Waals surface area contributed by atoms with Gasteiger partial charge >= 0.3 is 0 Å². The number of carbonyl (C=O) groups excluding carboxylic acids is 1. The Hall–Kier alpha value is -1.91. The number of hydrogen-bond acceptors (Lipinski definition) is 3. The van der Waals surface area contributed by atoms with Crippen molar-refractivity contribution in [2.24, 2.45) is 0 Å². The van der Waals surface area contributed by atoms with Crippen LogP contribution in [0.1, 0.15) is 47.5 Å². The fraction of sp³-hybridized carbons (Fsp3) is 0.409. The maximum atomic E-state index is 14.1. The summed E-state index contributed by atoms with van der Waals surface area (Å²) in [5.41, 5.74) is 1.38. The summed E-state index contributed by atoms with van der Waals surface area (Å²) in [5.74, 6) is -0.672. The largest absolute Gasteiger partial charge is 0.494 e. The fourth-order valence-electron chi connectivity index (χ4n) is 3.62. The monoisotopic (exact) mass is 391 g/mol. The van der Waals surface area contributed by atoms with Crippen molar-refractivity contribution in [2.75, 3.05) is 26.7 Å². The van der Waals surface area contributed by atoms with Crippen LogP contribution < -0.4 is 4.74 Å². The average Bonchev–Trinajstić information content (AvgIpc) is 2.95. The molecule has 0 radical (unpaired) electrons. The quantitative estimate of drug-likeness (QED) is 0.641. The number of methoxy groups -OCH3 is 1. The molecule has 27 heavy (non-hydrogen) atoms. The minimum atomic E-state index is -0.500. The molecule has 1 aliphatic rings. The van der Waals surface area contributed by atoms with Crippen LogP contribution in [0.15, 0.2) is 48.5 Å². The topological polar surface area (TPSA) is 29.5 Å². The van der Waals surface area contributed by atoms with Crippen LogP contribution in [0.4, 0.5) is 4.39 Å². The van der Waals surface area contributed by atoms with E-state index in [1.54, 1.807) is 6.07 Å². The van der Waals surface area contributed by atoms with Crippen LogP contribution in [0.2, 0.25) is 0 Å². The first-order chi connectivity index (χ1) is 12.7.